The predicted octanol–water partition coefficient (Wildman–Crippen LogP) is 0.961. The molecule has 2 aromatic heterocycles. The van der Waals surface area contributed by atoms with Crippen LogP contribution in [0.25, 0.3) is 0 Å². The van der Waals surface area contributed by atoms with E-state index in [1.807, 2.05) is 41.2 Å². The fourth-order valence-electron chi connectivity index (χ4n) is 3.50. The first-order valence-electron chi connectivity index (χ1n) is 9.10. The van der Waals surface area contributed by atoms with Gasteiger partial charge >= 0.3 is 5.69 Å². The Labute approximate surface area is 156 Å². The highest BCUT2D eigenvalue weighted by atomic mass is 16.2. The Morgan fingerprint density at radius 3 is 3.00 bits per heavy atom. The number of nitrogens with one attached hydrogen (secondary N) is 1. The molecule has 1 N–H and O–H groups in total. The minimum absolute atomic E-state index is 0.0266. The van der Waals surface area contributed by atoms with E-state index in [0.717, 1.165) is 24.2 Å². The van der Waals surface area contributed by atoms with Crippen molar-refractivity contribution in [2.45, 2.75) is 38.4 Å². The topological polar surface area (TPSA) is 86.7 Å². The van der Waals surface area contributed by atoms with Crippen LogP contribution in [-0.4, -0.2) is 36.1 Å². The molecule has 0 saturated carbocycles. The number of fused-ring (bicyclic) bond motifs is 1. The number of hydrogen-bond acceptors (Lipinski definition) is 4. The van der Waals surface area contributed by atoms with Crippen LogP contribution in [-0.2, 0) is 26.6 Å². The smallest absolute Gasteiger partial charge is 0.345 e. The molecule has 3 heterocycles. The number of amides is 1. The maximum atomic E-state index is 12.7. The molecule has 1 amide bonds. The maximum Gasteiger partial charge on any atom is 0.345 e. The first kappa shape index (κ1) is 17.3. The lowest BCUT2D eigenvalue weighted by Crippen LogP contribution is -2.35. The van der Waals surface area contributed by atoms with Gasteiger partial charge in [-0.3, -0.25) is 14.0 Å². The lowest BCUT2D eigenvalue weighted by atomic mass is 10.1. The van der Waals surface area contributed by atoms with Gasteiger partial charge in [-0.2, -0.15) is 10.2 Å². The summed E-state index contributed by atoms with van der Waals surface area (Å²) in [6.07, 6.45) is 5.81. The summed E-state index contributed by atoms with van der Waals surface area (Å²) in [6, 6.07) is 9.49. The summed E-state index contributed by atoms with van der Waals surface area (Å²) in [5.41, 5.74) is 1.57. The molecule has 140 valence electrons. The normalized spacial score (nSPS) is 16.6. The van der Waals surface area contributed by atoms with Gasteiger partial charge in [0.2, 0.25) is 0 Å². The molecule has 8 nitrogen and oxygen atoms in total. The lowest BCUT2D eigenvalue weighted by molar-refractivity contribution is 0.0932. The summed E-state index contributed by atoms with van der Waals surface area (Å²) in [4.78, 5) is 24.7. The van der Waals surface area contributed by atoms with Crippen molar-refractivity contribution in [2.75, 3.05) is 0 Å². The Kier molecular flexibility index (Phi) is 4.62. The zero-order valence-corrected chi connectivity index (χ0v) is 15.2. The van der Waals surface area contributed by atoms with E-state index < -0.39 is 0 Å². The Morgan fingerprint density at radius 2 is 2.19 bits per heavy atom. The van der Waals surface area contributed by atoms with Crippen LogP contribution in [0.4, 0.5) is 0 Å². The molecule has 4 rings (SSSR count). The number of aromatic nitrogens is 5. The number of benzene rings is 1. The summed E-state index contributed by atoms with van der Waals surface area (Å²) in [5.74, 6) is 0.704. The van der Waals surface area contributed by atoms with E-state index in [2.05, 4.69) is 15.5 Å². The van der Waals surface area contributed by atoms with Gasteiger partial charge < -0.3 is 5.32 Å². The van der Waals surface area contributed by atoms with Crippen molar-refractivity contribution in [2.24, 2.45) is 7.05 Å². The second-order valence-corrected chi connectivity index (χ2v) is 6.88. The molecule has 0 aliphatic carbocycles. The van der Waals surface area contributed by atoms with Crippen LogP contribution < -0.4 is 11.0 Å². The van der Waals surface area contributed by atoms with Crippen LogP contribution in [0.1, 0.15) is 34.6 Å². The third-order valence-corrected chi connectivity index (χ3v) is 4.93. The zero-order valence-electron chi connectivity index (χ0n) is 15.2. The van der Waals surface area contributed by atoms with E-state index in [4.69, 9.17) is 0 Å². The van der Waals surface area contributed by atoms with Gasteiger partial charge in [-0.1, -0.05) is 12.1 Å². The van der Waals surface area contributed by atoms with E-state index in [1.165, 1.54) is 4.68 Å². The molecule has 0 radical (unpaired) electrons. The van der Waals surface area contributed by atoms with Crippen LogP contribution in [0, 0.1) is 0 Å². The van der Waals surface area contributed by atoms with Crippen LogP contribution in [0.2, 0.25) is 0 Å². The van der Waals surface area contributed by atoms with Gasteiger partial charge in [-0.15, -0.1) is 0 Å². The van der Waals surface area contributed by atoms with Crippen LogP contribution in [0.5, 0.6) is 0 Å². The summed E-state index contributed by atoms with van der Waals surface area (Å²) in [5, 5.41) is 11.6. The van der Waals surface area contributed by atoms with Crippen molar-refractivity contribution in [3.8, 4) is 0 Å². The van der Waals surface area contributed by atoms with Crippen LogP contribution >= 0.6 is 0 Å². The van der Waals surface area contributed by atoms with Gasteiger partial charge in [-0.25, -0.2) is 9.48 Å². The Bertz CT molecular complexity index is 1000. The minimum atomic E-state index is -0.0942. The molecule has 1 atom stereocenters. The third-order valence-electron chi connectivity index (χ3n) is 4.93. The number of nitrogens with zero attached hydrogens (tertiary/aromatic N) is 5. The fourth-order valence-corrected chi connectivity index (χ4v) is 3.50. The fraction of sp³-hybridized carbons (Fsp3) is 0.368. The number of carbonyl (C=O) groups excluding carboxylic acids is 1. The van der Waals surface area contributed by atoms with E-state index in [0.29, 0.717) is 25.1 Å². The van der Waals surface area contributed by atoms with E-state index in [9.17, 15) is 9.59 Å². The van der Waals surface area contributed by atoms with Crippen molar-refractivity contribution in [3.63, 3.8) is 0 Å². The van der Waals surface area contributed by atoms with Gasteiger partial charge in [0.05, 0.1) is 6.54 Å². The molecule has 1 aliphatic heterocycles. The molecule has 0 fully saturated rings. The van der Waals surface area contributed by atoms with Gasteiger partial charge in [0.1, 0.15) is 5.82 Å². The zero-order chi connectivity index (χ0) is 18.8. The van der Waals surface area contributed by atoms with Crippen molar-refractivity contribution in [1.82, 2.24) is 29.4 Å². The van der Waals surface area contributed by atoms with Crippen LogP contribution in [0.15, 0.2) is 47.5 Å². The summed E-state index contributed by atoms with van der Waals surface area (Å²) in [6.45, 7) is 1.20. The van der Waals surface area contributed by atoms with Gasteiger partial charge in [0.25, 0.3) is 5.91 Å². The SMILES string of the molecule is Cn1nc2n(c1=O)CCC(NC(=O)c1cccc(Cn3cccn3)c1)CC2. The number of hydrogen-bond donors (Lipinski definition) is 1. The molecule has 8 heteroatoms. The number of carbonyl (C=O) groups is 1. The lowest BCUT2D eigenvalue weighted by Gasteiger charge is -2.16. The standard InChI is InChI=1S/C19H22N6O2/c1-23-19(27)25-11-8-16(6-7-17(25)22-23)21-18(26)15-5-2-4-14(12-15)13-24-10-3-9-20-24/h2-5,9-10,12,16H,6-8,11,13H2,1H3,(H,21,26). The highest BCUT2D eigenvalue weighted by Gasteiger charge is 2.21. The van der Waals surface area contributed by atoms with Gasteiger partial charge in [-0.05, 0) is 36.6 Å². The van der Waals surface area contributed by atoms with E-state index >= 15 is 0 Å². The number of rotatable bonds is 4. The molecule has 1 aliphatic rings. The average molecular weight is 366 g/mol. The van der Waals surface area contributed by atoms with Crippen molar-refractivity contribution in [3.05, 3.63) is 70.2 Å². The summed E-state index contributed by atoms with van der Waals surface area (Å²) in [7, 11) is 1.67. The molecule has 0 spiro atoms. The highest BCUT2D eigenvalue weighted by Crippen LogP contribution is 2.13. The quantitative estimate of drug-likeness (QED) is 0.745. The number of aryl methyl sites for hydroxylation is 2. The second kappa shape index (κ2) is 7.22. The second-order valence-electron chi connectivity index (χ2n) is 6.88. The predicted molar refractivity (Wildman–Crippen MR) is 99.4 cm³/mol. The molecular formula is C19H22N6O2. The first-order valence-corrected chi connectivity index (χ1v) is 9.10. The molecule has 27 heavy (non-hydrogen) atoms. The van der Waals surface area contributed by atoms with Crippen LogP contribution in [0.3, 0.4) is 0 Å². The Balaban J connectivity index is 1.41. The highest BCUT2D eigenvalue weighted by molar-refractivity contribution is 5.94. The minimum Gasteiger partial charge on any atom is -0.349 e. The Morgan fingerprint density at radius 1 is 1.30 bits per heavy atom. The molecule has 1 unspecified atom stereocenters. The Hall–Kier alpha value is -3.16. The average Bonchev–Trinajstić information content (AvgIpc) is 3.21. The van der Waals surface area contributed by atoms with Crippen molar-refractivity contribution < 1.29 is 4.79 Å². The van der Waals surface area contributed by atoms with Gasteiger partial charge in [0, 0.05) is 44.0 Å². The molecular weight excluding hydrogens is 344 g/mol. The molecule has 0 saturated heterocycles. The third kappa shape index (κ3) is 3.69. The van der Waals surface area contributed by atoms with Crippen molar-refractivity contribution in [1.29, 1.82) is 0 Å². The first-order chi connectivity index (χ1) is 13.1. The summed E-state index contributed by atoms with van der Waals surface area (Å²) >= 11 is 0. The molecule has 0 bridgehead atoms. The summed E-state index contributed by atoms with van der Waals surface area (Å²) < 4.78 is 4.90. The van der Waals surface area contributed by atoms with Crippen molar-refractivity contribution >= 4 is 5.91 Å². The monoisotopic (exact) mass is 366 g/mol. The molecule has 1 aromatic carbocycles. The largest absolute Gasteiger partial charge is 0.349 e. The molecule has 3 aromatic rings. The maximum absolute atomic E-state index is 12.7. The van der Waals surface area contributed by atoms with Gasteiger partial charge in [0.15, 0.2) is 0 Å². The van der Waals surface area contributed by atoms with E-state index in [1.54, 1.807) is 17.8 Å². The van der Waals surface area contributed by atoms with E-state index in [-0.39, 0.29) is 17.6 Å².